The highest BCUT2D eigenvalue weighted by atomic mass is 32.2. The quantitative estimate of drug-likeness (QED) is 0.835. The predicted octanol–water partition coefficient (Wildman–Crippen LogP) is 1.64. The standard InChI is InChI=1S/C10H19N3OS/c1-8(2)12-10-11-5-6-13(10)9(3)7-15(4)14/h5-6,8-9H,7H2,1-4H3,(H,11,12). The van der Waals surface area contributed by atoms with E-state index in [0.717, 1.165) is 5.95 Å². The van der Waals surface area contributed by atoms with E-state index in [0.29, 0.717) is 11.8 Å². The van der Waals surface area contributed by atoms with Crippen molar-refractivity contribution in [2.45, 2.75) is 32.9 Å². The lowest BCUT2D eigenvalue weighted by Crippen LogP contribution is -2.19. The van der Waals surface area contributed by atoms with Gasteiger partial charge in [-0.25, -0.2) is 4.98 Å². The normalized spacial score (nSPS) is 15.3. The second-order valence-electron chi connectivity index (χ2n) is 4.05. The molecule has 0 radical (unpaired) electrons. The molecule has 2 atom stereocenters. The van der Waals surface area contributed by atoms with Crippen LogP contribution in [0, 0.1) is 0 Å². The molecule has 0 aliphatic heterocycles. The molecule has 0 fully saturated rings. The molecule has 4 nitrogen and oxygen atoms in total. The zero-order chi connectivity index (χ0) is 11.4. The van der Waals surface area contributed by atoms with E-state index in [1.807, 2.05) is 10.8 Å². The van der Waals surface area contributed by atoms with Crippen molar-refractivity contribution in [3.63, 3.8) is 0 Å². The minimum absolute atomic E-state index is 0.208. The van der Waals surface area contributed by atoms with Gasteiger partial charge >= 0.3 is 0 Å². The molecule has 1 rings (SSSR count). The van der Waals surface area contributed by atoms with Gasteiger partial charge in [0.2, 0.25) is 5.95 Å². The van der Waals surface area contributed by atoms with Crippen LogP contribution < -0.4 is 5.32 Å². The van der Waals surface area contributed by atoms with Gasteiger partial charge in [-0.05, 0) is 20.8 Å². The van der Waals surface area contributed by atoms with Gasteiger partial charge in [-0.15, -0.1) is 0 Å². The Morgan fingerprint density at radius 2 is 2.20 bits per heavy atom. The van der Waals surface area contributed by atoms with Crippen molar-refractivity contribution in [1.29, 1.82) is 0 Å². The highest BCUT2D eigenvalue weighted by Crippen LogP contribution is 2.14. The zero-order valence-electron chi connectivity index (χ0n) is 9.73. The first-order chi connectivity index (χ1) is 7.00. The maximum atomic E-state index is 11.1. The van der Waals surface area contributed by atoms with Crippen molar-refractivity contribution < 1.29 is 4.21 Å². The largest absolute Gasteiger partial charge is 0.353 e. The molecular weight excluding hydrogens is 210 g/mol. The first-order valence-electron chi connectivity index (χ1n) is 5.10. The number of hydrogen-bond acceptors (Lipinski definition) is 3. The fourth-order valence-electron chi connectivity index (χ4n) is 1.46. The van der Waals surface area contributed by atoms with Gasteiger partial charge in [-0.3, -0.25) is 4.21 Å². The van der Waals surface area contributed by atoms with Crippen LogP contribution in [0.3, 0.4) is 0 Å². The summed E-state index contributed by atoms with van der Waals surface area (Å²) in [6.07, 6.45) is 5.41. The minimum atomic E-state index is -0.778. The zero-order valence-corrected chi connectivity index (χ0v) is 10.5. The Morgan fingerprint density at radius 1 is 1.53 bits per heavy atom. The van der Waals surface area contributed by atoms with Gasteiger partial charge in [0.1, 0.15) is 0 Å². The van der Waals surface area contributed by atoms with Crippen molar-refractivity contribution in [1.82, 2.24) is 9.55 Å². The molecular formula is C10H19N3OS. The van der Waals surface area contributed by atoms with Crippen LogP contribution in [0.4, 0.5) is 5.95 Å². The van der Waals surface area contributed by atoms with E-state index in [9.17, 15) is 4.21 Å². The van der Waals surface area contributed by atoms with E-state index >= 15 is 0 Å². The molecule has 1 aromatic rings. The molecule has 0 saturated heterocycles. The lowest BCUT2D eigenvalue weighted by molar-refractivity contribution is 0.598. The molecule has 0 aromatic carbocycles. The first-order valence-corrected chi connectivity index (χ1v) is 6.82. The smallest absolute Gasteiger partial charge is 0.203 e. The molecule has 86 valence electrons. The Labute approximate surface area is 93.5 Å². The lowest BCUT2D eigenvalue weighted by Gasteiger charge is -2.17. The van der Waals surface area contributed by atoms with E-state index in [4.69, 9.17) is 0 Å². The molecule has 1 aromatic heterocycles. The van der Waals surface area contributed by atoms with E-state index < -0.39 is 10.8 Å². The maximum Gasteiger partial charge on any atom is 0.203 e. The Hall–Kier alpha value is -0.840. The monoisotopic (exact) mass is 229 g/mol. The van der Waals surface area contributed by atoms with Gasteiger partial charge < -0.3 is 9.88 Å². The van der Waals surface area contributed by atoms with Crippen LogP contribution in [-0.4, -0.2) is 31.8 Å². The second kappa shape index (κ2) is 5.30. The maximum absolute atomic E-state index is 11.1. The van der Waals surface area contributed by atoms with Gasteiger partial charge in [0.15, 0.2) is 0 Å². The third-order valence-corrected chi connectivity index (χ3v) is 2.99. The van der Waals surface area contributed by atoms with Crippen LogP contribution in [-0.2, 0) is 10.8 Å². The molecule has 1 N–H and O–H groups in total. The molecule has 5 heteroatoms. The van der Waals surface area contributed by atoms with E-state index in [1.165, 1.54) is 0 Å². The summed E-state index contributed by atoms with van der Waals surface area (Å²) in [6, 6.07) is 0.560. The summed E-state index contributed by atoms with van der Waals surface area (Å²) in [7, 11) is -0.778. The van der Waals surface area contributed by atoms with E-state index in [1.54, 1.807) is 12.5 Å². The number of rotatable bonds is 5. The van der Waals surface area contributed by atoms with Gasteiger partial charge in [-0.2, -0.15) is 0 Å². The van der Waals surface area contributed by atoms with Crippen molar-refractivity contribution in [3.8, 4) is 0 Å². The molecule has 1 heterocycles. The number of anilines is 1. The highest BCUT2D eigenvalue weighted by molar-refractivity contribution is 7.84. The summed E-state index contributed by atoms with van der Waals surface area (Å²) in [4.78, 5) is 4.24. The fraction of sp³-hybridized carbons (Fsp3) is 0.700. The molecule has 0 amide bonds. The number of nitrogens with zero attached hydrogens (tertiary/aromatic N) is 2. The third kappa shape index (κ3) is 3.66. The second-order valence-corrected chi connectivity index (χ2v) is 5.53. The molecule has 0 saturated carbocycles. The van der Waals surface area contributed by atoms with Crippen molar-refractivity contribution in [2.75, 3.05) is 17.3 Å². The van der Waals surface area contributed by atoms with Crippen LogP contribution >= 0.6 is 0 Å². The molecule has 0 spiro atoms. The molecule has 0 aliphatic rings. The Bertz CT molecular complexity index is 335. The number of nitrogens with one attached hydrogen (secondary N) is 1. The first kappa shape index (κ1) is 12.2. The van der Waals surface area contributed by atoms with E-state index in [-0.39, 0.29) is 6.04 Å². The van der Waals surface area contributed by atoms with Crippen LogP contribution in [0.25, 0.3) is 0 Å². The van der Waals surface area contributed by atoms with Crippen molar-refractivity contribution >= 4 is 16.7 Å². The Balaban J connectivity index is 2.75. The molecule has 2 unspecified atom stereocenters. The Morgan fingerprint density at radius 3 is 2.73 bits per heavy atom. The number of imidazole rings is 1. The Kier molecular flexibility index (Phi) is 4.32. The minimum Gasteiger partial charge on any atom is -0.353 e. The van der Waals surface area contributed by atoms with Crippen LogP contribution in [0.1, 0.15) is 26.8 Å². The van der Waals surface area contributed by atoms with Gasteiger partial charge in [0.05, 0.1) is 0 Å². The summed E-state index contributed by atoms with van der Waals surface area (Å²) < 4.78 is 13.2. The SMILES string of the molecule is CC(C)Nc1nccn1C(C)CS(C)=O. The summed E-state index contributed by atoms with van der Waals surface area (Å²) in [6.45, 7) is 6.19. The average Bonchev–Trinajstić information content (AvgIpc) is 2.49. The molecule has 0 aliphatic carbocycles. The van der Waals surface area contributed by atoms with Gasteiger partial charge in [-0.1, -0.05) is 0 Å². The van der Waals surface area contributed by atoms with Gasteiger partial charge in [0.25, 0.3) is 0 Å². The fourth-order valence-corrected chi connectivity index (χ4v) is 2.30. The summed E-state index contributed by atoms with van der Waals surface area (Å²) in [5, 5.41) is 3.26. The van der Waals surface area contributed by atoms with Crippen LogP contribution in [0.15, 0.2) is 12.4 Å². The lowest BCUT2D eigenvalue weighted by atomic mass is 10.4. The summed E-state index contributed by atoms with van der Waals surface area (Å²) in [5.41, 5.74) is 0. The predicted molar refractivity (Wildman–Crippen MR) is 64.6 cm³/mol. The van der Waals surface area contributed by atoms with Gasteiger partial charge in [0, 0.05) is 47.3 Å². The third-order valence-electron chi connectivity index (χ3n) is 2.04. The highest BCUT2D eigenvalue weighted by Gasteiger charge is 2.11. The average molecular weight is 229 g/mol. The molecule has 0 bridgehead atoms. The van der Waals surface area contributed by atoms with E-state index in [2.05, 4.69) is 31.1 Å². The summed E-state index contributed by atoms with van der Waals surface area (Å²) >= 11 is 0. The van der Waals surface area contributed by atoms with Crippen molar-refractivity contribution in [2.24, 2.45) is 0 Å². The number of aromatic nitrogens is 2. The molecule has 15 heavy (non-hydrogen) atoms. The van der Waals surface area contributed by atoms with Crippen LogP contribution in [0.2, 0.25) is 0 Å². The van der Waals surface area contributed by atoms with Crippen molar-refractivity contribution in [3.05, 3.63) is 12.4 Å². The topological polar surface area (TPSA) is 46.9 Å². The number of hydrogen-bond donors (Lipinski definition) is 1. The van der Waals surface area contributed by atoms with Crippen LogP contribution in [0.5, 0.6) is 0 Å². The summed E-state index contributed by atoms with van der Waals surface area (Å²) in [5.74, 6) is 1.51.